The minimum Gasteiger partial charge on any atom is -0.483 e. The van der Waals surface area contributed by atoms with Crippen molar-refractivity contribution in [2.75, 3.05) is 32.7 Å². The molecule has 0 unspecified atom stereocenters. The first kappa shape index (κ1) is 13.3. The molecule has 1 saturated heterocycles. The number of halogens is 1. The molecule has 1 aliphatic heterocycles. The zero-order chi connectivity index (χ0) is 13.0. The van der Waals surface area contributed by atoms with Gasteiger partial charge in [0.25, 0.3) is 0 Å². The van der Waals surface area contributed by atoms with Crippen molar-refractivity contribution in [1.82, 2.24) is 10.2 Å². The van der Waals surface area contributed by atoms with Gasteiger partial charge in [0.1, 0.15) is 5.60 Å². The third-order valence-electron chi connectivity index (χ3n) is 3.04. The first-order valence-corrected chi connectivity index (χ1v) is 6.43. The number of nitrogens with zero attached hydrogens (tertiary/aromatic N) is 1. The summed E-state index contributed by atoms with van der Waals surface area (Å²) in [6.07, 6.45) is 0. The summed E-state index contributed by atoms with van der Waals surface area (Å²) >= 11 is 0. The van der Waals surface area contributed by atoms with Gasteiger partial charge in [-0.2, -0.15) is 0 Å². The molecule has 1 N–H and O–H groups in total. The van der Waals surface area contributed by atoms with Crippen molar-refractivity contribution in [3.8, 4) is 5.75 Å². The molecule has 0 radical (unpaired) electrons. The molecule has 1 aliphatic rings. The molecule has 0 aliphatic carbocycles. The van der Waals surface area contributed by atoms with E-state index in [4.69, 9.17) is 4.74 Å². The Labute approximate surface area is 108 Å². The molecule has 2 rings (SSSR count). The number of hydrogen-bond acceptors (Lipinski definition) is 3. The van der Waals surface area contributed by atoms with Gasteiger partial charge in [-0.1, -0.05) is 12.1 Å². The summed E-state index contributed by atoms with van der Waals surface area (Å²) < 4.78 is 19.3. The van der Waals surface area contributed by atoms with Crippen molar-refractivity contribution in [3.63, 3.8) is 0 Å². The SMILES string of the molecule is CC(C)(CN1CCNCC1)Oc1ccccc1F. The number of ether oxygens (including phenoxy) is 1. The van der Waals surface area contributed by atoms with Crippen LogP contribution in [0.5, 0.6) is 5.75 Å². The predicted molar refractivity (Wildman–Crippen MR) is 70.4 cm³/mol. The lowest BCUT2D eigenvalue weighted by atomic mass is 10.1. The summed E-state index contributed by atoms with van der Waals surface area (Å²) in [6.45, 7) is 8.87. The first-order valence-electron chi connectivity index (χ1n) is 6.43. The third kappa shape index (κ3) is 3.68. The van der Waals surface area contributed by atoms with Crippen LogP contribution in [0, 0.1) is 5.82 Å². The fourth-order valence-corrected chi connectivity index (χ4v) is 2.27. The van der Waals surface area contributed by atoms with E-state index in [1.165, 1.54) is 6.07 Å². The second-order valence-electron chi connectivity index (χ2n) is 5.32. The van der Waals surface area contributed by atoms with E-state index >= 15 is 0 Å². The molecule has 0 bridgehead atoms. The average molecular weight is 252 g/mol. The van der Waals surface area contributed by atoms with Crippen molar-refractivity contribution in [2.45, 2.75) is 19.4 Å². The molecule has 100 valence electrons. The van der Waals surface area contributed by atoms with Gasteiger partial charge < -0.3 is 10.1 Å². The third-order valence-corrected chi connectivity index (χ3v) is 3.04. The Morgan fingerprint density at radius 2 is 1.94 bits per heavy atom. The molecule has 0 spiro atoms. The van der Waals surface area contributed by atoms with Crippen LogP contribution in [0.4, 0.5) is 4.39 Å². The molecule has 1 heterocycles. The summed E-state index contributed by atoms with van der Waals surface area (Å²) in [5.74, 6) is 0.0310. The van der Waals surface area contributed by atoms with Crippen LogP contribution in [0.25, 0.3) is 0 Å². The summed E-state index contributed by atoms with van der Waals surface area (Å²) in [5.41, 5.74) is -0.389. The molecule has 1 aromatic carbocycles. The maximum atomic E-state index is 13.5. The topological polar surface area (TPSA) is 24.5 Å². The lowest BCUT2D eigenvalue weighted by Gasteiger charge is -2.35. The Morgan fingerprint density at radius 1 is 1.28 bits per heavy atom. The van der Waals surface area contributed by atoms with Crippen LogP contribution in [-0.4, -0.2) is 43.2 Å². The van der Waals surface area contributed by atoms with Gasteiger partial charge in [0.05, 0.1) is 0 Å². The summed E-state index contributed by atoms with van der Waals surface area (Å²) in [6, 6.07) is 6.57. The molecule has 18 heavy (non-hydrogen) atoms. The van der Waals surface area contributed by atoms with Crippen LogP contribution in [0.15, 0.2) is 24.3 Å². The quantitative estimate of drug-likeness (QED) is 0.885. The van der Waals surface area contributed by atoms with Crippen molar-refractivity contribution in [2.24, 2.45) is 0 Å². The molecule has 3 nitrogen and oxygen atoms in total. The van der Waals surface area contributed by atoms with Crippen molar-refractivity contribution in [1.29, 1.82) is 0 Å². The molecule has 0 saturated carbocycles. The standard InChI is InChI=1S/C14H21FN2O/c1-14(2,11-17-9-7-16-8-10-17)18-13-6-4-3-5-12(13)15/h3-6,16H,7-11H2,1-2H3. The lowest BCUT2D eigenvalue weighted by molar-refractivity contribution is 0.0513. The van der Waals surface area contributed by atoms with Crippen LogP contribution < -0.4 is 10.1 Å². The monoisotopic (exact) mass is 252 g/mol. The zero-order valence-electron chi connectivity index (χ0n) is 11.1. The van der Waals surface area contributed by atoms with Gasteiger partial charge in [-0.25, -0.2) is 4.39 Å². The van der Waals surface area contributed by atoms with Crippen LogP contribution in [0.3, 0.4) is 0 Å². The van der Waals surface area contributed by atoms with E-state index in [2.05, 4.69) is 10.2 Å². The van der Waals surface area contributed by atoms with Crippen LogP contribution in [-0.2, 0) is 0 Å². The smallest absolute Gasteiger partial charge is 0.165 e. The number of rotatable bonds is 4. The lowest BCUT2D eigenvalue weighted by Crippen LogP contribution is -2.50. The number of hydrogen-bond donors (Lipinski definition) is 1. The maximum Gasteiger partial charge on any atom is 0.165 e. The Hall–Kier alpha value is -1.13. The zero-order valence-corrected chi connectivity index (χ0v) is 11.1. The number of benzene rings is 1. The molecule has 0 atom stereocenters. The van der Waals surface area contributed by atoms with Crippen LogP contribution >= 0.6 is 0 Å². The first-order chi connectivity index (χ1) is 8.57. The van der Waals surface area contributed by atoms with E-state index in [0.29, 0.717) is 5.75 Å². The predicted octanol–water partition coefficient (Wildman–Crippen LogP) is 1.89. The average Bonchev–Trinajstić information content (AvgIpc) is 2.32. The van der Waals surface area contributed by atoms with E-state index in [-0.39, 0.29) is 11.4 Å². The molecular formula is C14H21FN2O. The van der Waals surface area contributed by atoms with E-state index in [1.807, 2.05) is 13.8 Å². The van der Waals surface area contributed by atoms with Gasteiger partial charge in [0.2, 0.25) is 0 Å². The van der Waals surface area contributed by atoms with E-state index in [1.54, 1.807) is 18.2 Å². The van der Waals surface area contributed by atoms with Crippen LogP contribution in [0.2, 0.25) is 0 Å². The van der Waals surface area contributed by atoms with Crippen molar-refractivity contribution < 1.29 is 9.13 Å². The van der Waals surface area contributed by atoms with Gasteiger partial charge >= 0.3 is 0 Å². The summed E-state index contributed by atoms with van der Waals surface area (Å²) in [4.78, 5) is 2.34. The van der Waals surface area contributed by atoms with E-state index in [0.717, 1.165) is 32.7 Å². The Bertz CT molecular complexity index is 389. The highest BCUT2D eigenvalue weighted by molar-refractivity contribution is 5.24. The van der Waals surface area contributed by atoms with E-state index in [9.17, 15) is 4.39 Å². The summed E-state index contributed by atoms with van der Waals surface area (Å²) in [7, 11) is 0. The highest BCUT2D eigenvalue weighted by Gasteiger charge is 2.25. The molecular weight excluding hydrogens is 231 g/mol. The highest BCUT2D eigenvalue weighted by atomic mass is 19.1. The van der Waals surface area contributed by atoms with E-state index < -0.39 is 0 Å². The Kier molecular flexibility index (Phi) is 4.19. The molecule has 0 aromatic heterocycles. The molecule has 0 amide bonds. The number of piperazine rings is 1. The van der Waals surface area contributed by atoms with Gasteiger partial charge in [0.15, 0.2) is 11.6 Å². The fourth-order valence-electron chi connectivity index (χ4n) is 2.27. The van der Waals surface area contributed by atoms with Gasteiger partial charge in [-0.15, -0.1) is 0 Å². The number of nitrogens with one attached hydrogen (secondary N) is 1. The van der Waals surface area contributed by atoms with Gasteiger partial charge in [-0.05, 0) is 26.0 Å². The minimum atomic E-state index is -0.389. The van der Waals surface area contributed by atoms with Gasteiger partial charge in [-0.3, -0.25) is 4.90 Å². The minimum absolute atomic E-state index is 0.300. The van der Waals surface area contributed by atoms with Gasteiger partial charge in [0, 0.05) is 32.7 Å². The fraction of sp³-hybridized carbons (Fsp3) is 0.571. The Balaban J connectivity index is 1.96. The molecule has 1 aromatic rings. The summed E-state index contributed by atoms with van der Waals surface area (Å²) in [5, 5.41) is 3.32. The number of para-hydroxylation sites is 1. The second-order valence-corrected chi connectivity index (χ2v) is 5.32. The highest BCUT2D eigenvalue weighted by Crippen LogP contribution is 2.22. The second kappa shape index (κ2) is 5.67. The molecule has 1 fully saturated rings. The molecule has 4 heteroatoms. The largest absolute Gasteiger partial charge is 0.483 e. The Morgan fingerprint density at radius 3 is 2.61 bits per heavy atom. The van der Waals surface area contributed by atoms with Crippen molar-refractivity contribution >= 4 is 0 Å². The van der Waals surface area contributed by atoms with Crippen LogP contribution in [0.1, 0.15) is 13.8 Å². The van der Waals surface area contributed by atoms with Crippen molar-refractivity contribution in [3.05, 3.63) is 30.1 Å². The normalized spacial score (nSPS) is 17.7. The maximum absolute atomic E-state index is 13.5.